The number of hydrogen-bond acceptors (Lipinski definition) is 3. The van der Waals surface area contributed by atoms with Gasteiger partial charge in [0.25, 0.3) is 0 Å². The molecule has 0 radical (unpaired) electrons. The van der Waals surface area contributed by atoms with E-state index >= 15 is 0 Å². The van der Waals surface area contributed by atoms with Crippen LogP contribution >= 0.6 is 0 Å². The highest BCUT2D eigenvalue weighted by Gasteiger charge is 2.49. The number of rotatable bonds is 4. The van der Waals surface area contributed by atoms with E-state index in [1.54, 1.807) is 6.26 Å². The molecule has 4 rings (SSSR count). The molecular weight excluding hydrogens is 290 g/mol. The summed E-state index contributed by atoms with van der Waals surface area (Å²) in [6.45, 7) is 5.78. The molecule has 1 saturated carbocycles. The maximum Gasteiger partial charge on any atom is 0.226 e. The Labute approximate surface area is 136 Å². The van der Waals surface area contributed by atoms with Gasteiger partial charge in [0.2, 0.25) is 5.91 Å². The molecule has 2 aromatic rings. The van der Waals surface area contributed by atoms with Gasteiger partial charge >= 0.3 is 0 Å². The van der Waals surface area contributed by atoms with E-state index in [1.807, 2.05) is 23.7 Å². The van der Waals surface area contributed by atoms with Gasteiger partial charge in [0.05, 0.1) is 24.5 Å². The van der Waals surface area contributed by atoms with Crippen LogP contribution in [-0.2, 0) is 11.3 Å². The molecular formula is C18H23N3O2. The van der Waals surface area contributed by atoms with Crippen molar-refractivity contribution in [3.8, 4) is 0 Å². The maximum absolute atomic E-state index is 12.9. The molecule has 23 heavy (non-hydrogen) atoms. The average molecular weight is 313 g/mol. The summed E-state index contributed by atoms with van der Waals surface area (Å²) < 4.78 is 7.50. The van der Waals surface area contributed by atoms with Crippen LogP contribution in [0.4, 0.5) is 0 Å². The van der Waals surface area contributed by atoms with Gasteiger partial charge in [0, 0.05) is 24.1 Å². The number of nitrogens with zero attached hydrogens (tertiary/aromatic N) is 3. The Morgan fingerprint density at radius 1 is 1.43 bits per heavy atom. The van der Waals surface area contributed by atoms with Crippen molar-refractivity contribution in [3.63, 3.8) is 0 Å². The zero-order chi connectivity index (χ0) is 16.0. The smallest absolute Gasteiger partial charge is 0.226 e. The topological polar surface area (TPSA) is 51.3 Å². The molecule has 2 aliphatic rings. The fourth-order valence-corrected chi connectivity index (χ4v) is 3.87. The Bertz CT molecular complexity index is 704. The van der Waals surface area contributed by atoms with Crippen molar-refractivity contribution in [2.24, 2.45) is 5.92 Å². The third-order valence-electron chi connectivity index (χ3n) is 5.16. The van der Waals surface area contributed by atoms with Gasteiger partial charge in [-0.25, -0.2) is 0 Å². The van der Waals surface area contributed by atoms with Crippen molar-refractivity contribution in [2.45, 2.75) is 51.6 Å². The quantitative estimate of drug-likeness (QED) is 0.872. The van der Waals surface area contributed by atoms with Gasteiger partial charge in [-0.3, -0.25) is 9.48 Å². The zero-order valence-electron chi connectivity index (χ0n) is 13.7. The SMILES string of the molecule is Cc1cc(C)n(CC2CCCN2C(=O)C2CC2c2ccco2)n1. The first-order valence-corrected chi connectivity index (χ1v) is 8.48. The van der Waals surface area contributed by atoms with E-state index in [0.717, 1.165) is 43.8 Å². The highest BCUT2D eigenvalue weighted by atomic mass is 16.3. The highest BCUT2D eigenvalue weighted by molar-refractivity contribution is 5.83. The van der Waals surface area contributed by atoms with Crippen molar-refractivity contribution in [3.05, 3.63) is 41.6 Å². The molecule has 5 heteroatoms. The molecule has 1 aliphatic carbocycles. The van der Waals surface area contributed by atoms with Crippen LogP contribution in [0.15, 0.2) is 28.9 Å². The Hall–Kier alpha value is -2.04. The lowest BCUT2D eigenvalue weighted by atomic mass is 10.2. The fraction of sp³-hybridized carbons (Fsp3) is 0.556. The molecule has 1 aliphatic heterocycles. The lowest BCUT2D eigenvalue weighted by Crippen LogP contribution is -2.39. The Morgan fingerprint density at radius 2 is 2.30 bits per heavy atom. The summed E-state index contributed by atoms with van der Waals surface area (Å²) in [6.07, 6.45) is 4.78. The second-order valence-electron chi connectivity index (χ2n) is 6.90. The van der Waals surface area contributed by atoms with Gasteiger partial charge in [-0.15, -0.1) is 0 Å². The molecule has 5 nitrogen and oxygen atoms in total. The summed E-state index contributed by atoms with van der Waals surface area (Å²) in [5, 5.41) is 4.55. The maximum atomic E-state index is 12.9. The summed E-state index contributed by atoms with van der Waals surface area (Å²) in [6, 6.07) is 6.25. The Kier molecular flexibility index (Phi) is 3.51. The van der Waals surface area contributed by atoms with Gasteiger partial charge in [-0.2, -0.15) is 5.10 Å². The minimum Gasteiger partial charge on any atom is -0.469 e. The minimum absolute atomic E-state index is 0.113. The number of likely N-dealkylation sites (tertiary alicyclic amines) is 1. The highest BCUT2D eigenvalue weighted by Crippen LogP contribution is 2.49. The van der Waals surface area contributed by atoms with Gasteiger partial charge in [0.15, 0.2) is 0 Å². The molecule has 3 unspecified atom stereocenters. The number of carbonyl (C=O) groups excluding carboxylic acids is 1. The number of amides is 1. The lowest BCUT2D eigenvalue weighted by molar-refractivity contribution is -0.133. The summed E-state index contributed by atoms with van der Waals surface area (Å²) in [5.41, 5.74) is 2.21. The molecule has 0 bridgehead atoms. The minimum atomic E-state index is 0.113. The summed E-state index contributed by atoms with van der Waals surface area (Å²) in [4.78, 5) is 14.9. The predicted molar refractivity (Wildman–Crippen MR) is 86.0 cm³/mol. The van der Waals surface area contributed by atoms with Crippen LogP contribution < -0.4 is 0 Å². The molecule has 2 aromatic heterocycles. The van der Waals surface area contributed by atoms with Gasteiger partial charge in [0.1, 0.15) is 5.76 Å². The first kappa shape index (κ1) is 14.5. The molecule has 0 aromatic carbocycles. The second-order valence-corrected chi connectivity index (χ2v) is 6.90. The Balaban J connectivity index is 1.44. The van der Waals surface area contributed by atoms with Crippen LogP contribution in [0, 0.1) is 19.8 Å². The number of carbonyl (C=O) groups is 1. The first-order chi connectivity index (χ1) is 11.1. The van der Waals surface area contributed by atoms with E-state index in [-0.39, 0.29) is 17.9 Å². The molecule has 0 spiro atoms. The third-order valence-corrected chi connectivity index (χ3v) is 5.16. The third kappa shape index (κ3) is 2.69. The summed E-state index contributed by atoms with van der Waals surface area (Å²) in [5.74, 6) is 1.66. The molecule has 1 saturated heterocycles. The van der Waals surface area contributed by atoms with E-state index in [4.69, 9.17) is 4.42 Å². The van der Waals surface area contributed by atoms with Gasteiger partial charge in [-0.1, -0.05) is 0 Å². The zero-order valence-corrected chi connectivity index (χ0v) is 13.7. The molecule has 3 atom stereocenters. The predicted octanol–water partition coefficient (Wildman–Crippen LogP) is 2.89. The second kappa shape index (κ2) is 5.55. The number of aryl methyl sites for hydroxylation is 2. The van der Waals surface area contributed by atoms with Gasteiger partial charge in [-0.05, 0) is 51.3 Å². The van der Waals surface area contributed by atoms with Crippen molar-refractivity contribution in [1.29, 1.82) is 0 Å². The molecule has 0 N–H and O–H groups in total. The van der Waals surface area contributed by atoms with Crippen LogP contribution in [0.2, 0.25) is 0 Å². The van der Waals surface area contributed by atoms with Crippen LogP contribution in [0.3, 0.4) is 0 Å². The summed E-state index contributed by atoms with van der Waals surface area (Å²) >= 11 is 0. The molecule has 3 heterocycles. The fourth-order valence-electron chi connectivity index (χ4n) is 3.87. The monoisotopic (exact) mass is 313 g/mol. The summed E-state index contributed by atoms with van der Waals surface area (Å²) in [7, 11) is 0. The van der Waals surface area contributed by atoms with Crippen LogP contribution in [-0.4, -0.2) is 33.2 Å². The Morgan fingerprint density at radius 3 is 3.00 bits per heavy atom. The van der Waals surface area contributed by atoms with Crippen LogP contribution in [0.5, 0.6) is 0 Å². The van der Waals surface area contributed by atoms with Crippen molar-refractivity contribution >= 4 is 5.91 Å². The van der Waals surface area contributed by atoms with Crippen molar-refractivity contribution in [1.82, 2.24) is 14.7 Å². The van der Waals surface area contributed by atoms with Crippen LogP contribution in [0.25, 0.3) is 0 Å². The number of aromatic nitrogens is 2. The van der Waals surface area contributed by atoms with E-state index < -0.39 is 0 Å². The molecule has 1 amide bonds. The van der Waals surface area contributed by atoms with E-state index in [1.165, 1.54) is 5.69 Å². The van der Waals surface area contributed by atoms with E-state index in [9.17, 15) is 4.79 Å². The normalized spacial score (nSPS) is 26.7. The van der Waals surface area contributed by atoms with Crippen LogP contribution in [0.1, 0.15) is 42.3 Å². The van der Waals surface area contributed by atoms with E-state index in [2.05, 4.69) is 23.0 Å². The average Bonchev–Trinajstić information content (AvgIpc) is 2.90. The first-order valence-electron chi connectivity index (χ1n) is 8.48. The largest absolute Gasteiger partial charge is 0.469 e. The van der Waals surface area contributed by atoms with Crippen molar-refractivity contribution in [2.75, 3.05) is 6.54 Å². The van der Waals surface area contributed by atoms with Crippen molar-refractivity contribution < 1.29 is 9.21 Å². The van der Waals surface area contributed by atoms with Gasteiger partial charge < -0.3 is 9.32 Å². The standard InChI is InChI=1S/C18H23N3O2/c1-12-9-13(2)21(19-12)11-14-5-3-7-20(14)18(22)16-10-15(16)17-6-4-8-23-17/h4,6,8-9,14-16H,3,5,7,10-11H2,1-2H3. The molecule has 2 fully saturated rings. The number of furan rings is 1. The number of hydrogen-bond donors (Lipinski definition) is 0. The molecule has 122 valence electrons. The van der Waals surface area contributed by atoms with E-state index in [0.29, 0.717) is 5.91 Å². The lowest BCUT2D eigenvalue weighted by Gasteiger charge is -2.25.